The molecular weight excluding hydrogens is 278 g/mol. The fraction of sp³-hybridized carbons (Fsp3) is 0.333. The lowest BCUT2D eigenvalue weighted by atomic mass is 10.0. The Morgan fingerprint density at radius 3 is 2.76 bits per heavy atom. The van der Waals surface area contributed by atoms with Gasteiger partial charge in [0.25, 0.3) is 0 Å². The van der Waals surface area contributed by atoms with Crippen LogP contribution in [0.2, 0.25) is 0 Å². The van der Waals surface area contributed by atoms with E-state index in [9.17, 15) is 0 Å². The SMILES string of the molecule is CCc1c(C(C)NCc2cscc2C)oc2ccccc12. The third-order valence-electron chi connectivity index (χ3n) is 4.04. The topological polar surface area (TPSA) is 25.2 Å². The summed E-state index contributed by atoms with van der Waals surface area (Å²) in [7, 11) is 0. The van der Waals surface area contributed by atoms with Crippen molar-refractivity contribution in [1.29, 1.82) is 0 Å². The van der Waals surface area contributed by atoms with E-state index in [4.69, 9.17) is 4.42 Å². The normalized spacial score (nSPS) is 12.9. The van der Waals surface area contributed by atoms with Gasteiger partial charge >= 0.3 is 0 Å². The van der Waals surface area contributed by atoms with Crippen molar-refractivity contribution in [3.05, 3.63) is 57.5 Å². The number of furan rings is 1. The van der Waals surface area contributed by atoms with Crippen LogP contribution in [0.1, 0.15) is 42.3 Å². The van der Waals surface area contributed by atoms with Crippen LogP contribution < -0.4 is 5.32 Å². The number of benzene rings is 1. The van der Waals surface area contributed by atoms with Crippen LogP contribution >= 0.6 is 11.3 Å². The van der Waals surface area contributed by atoms with Gasteiger partial charge in [0.15, 0.2) is 0 Å². The summed E-state index contributed by atoms with van der Waals surface area (Å²) in [6.07, 6.45) is 0.996. The van der Waals surface area contributed by atoms with E-state index in [2.05, 4.69) is 49.0 Å². The molecule has 0 aliphatic rings. The summed E-state index contributed by atoms with van der Waals surface area (Å²) in [6, 6.07) is 8.52. The molecule has 0 bridgehead atoms. The molecule has 3 aromatic rings. The fourth-order valence-electron chi connectivity index (χ4n) is 2.76. The van der Waals surface area contributed by atoms with Gasteiger partial charge in [-0.3, -0.25) is 0 Å². The Labute approximate surface area is 129 Å². The first kappa shape index (κ1) is 14.4. The zero-order chi connectivity index (χ0) is 14.8. The van der Waals surface area contributed by atoms with E-state index in [1.165, 1.54) is 22.1 Å². The maximum absolute atomic E-state index is 6.09. The van der Waals surface area contributed by atoms with Gasteiger partial charge in [0.2, 0.25) is 0 Å². The second-order valence-corrected chi connectivity index (χ2v) is 6.22. The maximum atomic E-state index is 6.09. The molecule has 0 aliphatic heterocycles. The summed E-state index contributed by atoms with van der Waals surface area (Å²) in [6.45, 7) is 7.42. The average Bonchev–Trinajstić information content (AvgIpc) is 3.07. The molecular formula is C18H21NOS. The van der Waals surface area contributed by atoms with Gasteiger partial charge in [-0.15, -0.1) is 0 Å². The monoisotopic (exact) mass is 299 g/mol. The highest BCUT2D eigenvalue weighted by atomic mass is 32.1. The molecule has 0 saturated carbocycles. The lowest BCUT2D eigenvalue weighted by molar-refractivity contribution is 0.446. The summed E-state index contributed by atoms with van der Waals surface area (Å²) in [5, 5.41) is 9.25. The Balaban J connectivity index is 1.84. The Morgan fingerprint density at radius 1 is 1.24 bits per heavy atom. The summed E-state index contributed by atoms with van der Waals surface area (Å²) in [4.78, 5) is 0. The van der Waals surface area contributed by atoms with E-state index in [0.29, 0.717) is 0 Å². The smallest absolute Gasteiger partial charge is 0.134 e. The second kappa shape index (κ2) is 6.04. The molecule has 0 spiro atoms. The van der Waals surface area contributed by atoms with Crippen molar-refractivity contribution >= 4 is 22.3 Å². The number of aryl methyl sites for hydroxylation is 2. The van der Waals surface area contributed by atoms with Gasteiger partial charge in [-0.2, -0.15) is 11.3 Å². The fourth-order valence-corrected chi connectivity index (χ4v) is 3.61. The van der Waals surface area contributed by atoms with E-state index in [1.807, 2.05) is 12.1 Å². The molecule has 1 aromatic carbocycles. The molecule has 0 fully saturated rings. The first-order valence-electron chi connectivity index (χ1n) is 7.46. The van der Waals surface area contributed by atoms with Crippen LogP contribution in [0.15, 0.2) is 39.4 Å². The van der Waals surface area contributed by atoms with Gasteiger partial charge in [0.1, 0.15) is 11.3 Å². The first-order valence-corrected chi connectivity index (χ1v) is 8.40. The van der Waals surface area contributed by atoms with Crippen LogP contribution in [0.25, 0.3) is 11.0 Å². The van der Waals surface area contributed by atoms with Gasteiger partial charge in [0.05, 0.1) is 6.04 Å². The Bertz CT molecular complexity index is 741. The Hall–Kier alpha value is -1.58. The van der Waals surface area contributed by atoms with Gasteiger partial charge in [-0.25, -0.2) is 0 Å². The maximum Gasteiger partial charge on any atom is 0.134 e. The largest absolute Gasteiger partial charge is 0.459 e. The van der Waals surface area contributed by atoms with Gasteiger partial charge in [-0.1, -0.05) is 25.1 Å². The molecule has 2 nitrogen and oxygen atoms in total. The zero-order valence-corrected chi connectivity index (χ0v) is 13.6. The van der Waals surface area contributed by atoms with Crippen molar-refractivity contribution in [2.75, 3.05) is 0 Å². The molecule has 3 heteroatoms. The summed E-state index contributed by atoms with van der Waals surface area (Å²) in [5.74, 6) is 1.08. The summed E-state index contributed by atoms with van der Waals surface area (Å²) < 4.78 is 6.09. The molecule has 3 rings (SSSR count). The van der Waals surface area contributed by atoms with Crippen LogP contribution in [0.4, 0.5) is 0 Å². The molecule has 0 saturated heterocycles. The number of nitrogens with one attached hydrogen (secondary N) is 1. The van der Waals surface area contributed by atoms with E-state index in [0.717, 1.165) is 24.3 Å². The number of hydrogen-bond acceptors (Lipinski definition) is 3. The van der Waals surface area contributed by atoms with Crippen molar-refractivity contribution in [1.82, 2.24) is 5.32 Å². The number of para-hydroxylation sites is 1. The molecule has 1 unspecified atom stereocenters. The molecule has 21 heavy (non-hydrogen) atoms. The molecule has 1 N–H and O–H groups in total. The molecule has 1 atom stereocenters. The lowest BCUT2D eigenvalue weighted by Gasteiger charge is -2.13. The highest BCUT2D eigenvalue weighted by Gasteiger charge is 2.17. The highest BCUT2D eigenvalue weighted by molar-refractivity contribution is 7.08. The second-order valence-electron chi connectivity index (χ2n) is 5.48. The number of thiophene rings is 1. The van der Waals surface area contributed by atoms with Crippen molar-refractivity contribution in [3.63, 3.8) is 0 Å². The first-order chi connectivity index (χ1) is 10.2. The van der Waals surface area contributed by atoms with Crippen LogP contribution in [0, 0.1) is 6.92 Å². The lowest BCUT2D eigenvalue weighted by Crippen LogP contribution is -2.18. The van der Waals surface area contributed by atoms with Crippen LogP contribution in [-0.4, -0.2) is 0 Å². The minimum absolute atomic E-state index is 0.214. The van der Waals surface area contributed by atoms with E-state index < -0.39 is 0 Å². The number of rotatable bonds is 5. The van der Waals surface area contributed by atoms with E-state index >= 15 is 0 Å². The van der Waals surface area contributed by atoms with Gasteiger partial charge < -0.3 is 9.73 Å². The summed E-state index contributed by atoms with van der Waals surface area (Å²) >= 11 is 1.76. The quantitative estimate of drug-likeness (QED) is 0.699. The summed E-state index contributed by atoms with van der Waals surface area (Å²) in [5.41, 5.74) is 5.05. The minimum atomic E-state index is 0.214. The van der Waals surface area contributed by atoms with E-state index in [1.54, 1.807) is 11.3 Å². The molecule has 2 heterocycles. The molecule has 0 amide bonds. The Kier molecular flexibility index (Phi) is 4.13. The number of fused-ring (bicyclic) bond motifs is 1. The predicted molar refractivity (Wildman–Crippen MR) is 89.9 cm³/mol. The van der Waals surface area contributed by atoms with Gasteiger partial charge in [-0.05, 0) is 48.2 Å². The standard InChI is InChI=1S/C18H21NOS/c1-4-15-16-7-5-6-8-17(16)20-18(15)13(3)19-9-14-11-21-10-12(14)2/h5-8,10-11,13,19H,4,9H2,1-3H3. The number of hydrogen-bond donors (Lipinski definition) is 1. The van der Waals surface area contributed by atoms with Crippen molar-refractivity contribution in [2.24, 2.45) is 0 Å². The van der Waals surface area contributed by atoms with Crippen molar-refractivity contribution < 1.29 is 4.42 Å². The van der Waals surface area contributed by atoms with Crippen LogP contribution in [0.3, 0.4) is 0 Å². The molecule has 0 aliphatic carbocycles. The van der Waals surface area contributed by atoms with E-state index in [-0.39, 0.29) is 6.04 Å². The highest BCUT2D eigenvalue weighted by Crippen LogP contribution is 2.30. The Morgan fingerprint density at radius 2 is 2.05 bits per heavy atom. The van der Waals surface area contributed by atoms with Crippen molar-refractivity contribution in [2.45, 2.75) is 39.8 Å². The molecule has 2 aromatic heterocycles. The van der Waals surface area contributed by atoms with Crippen molar-refractivity contribution in [3.8, 4) is 0 Å². The molecule has 0 radical (unpaired) electrons. The van der Waals surface area contributed by atoms with Crippen LogP contribution in [0.5, 0.6) is 0 Å². The zero-order valence-electron chi connectivity index (χ0n) is 12.8. The van der Waals surface area contributed by atoms with Gasteiger partial charge in [0, 0.05) is 17.5 Å². The van der Waals surface area contributed by atoms with Crippen LogP contribution in [-0.2, 0) is 13.0 Å². The third-order valence-corrected chi connectivity index (χ3v) is 4.95. The minimum Gasteiger partial charge on any atom is -0.459 e. The third kappa shape index (κ3) is 2.76. The average molecular weight is 299 g/mol. The molecule has 110 valence electrons. The predicted octanol–water partition coefficient (Wildman–Crippen LogP) is 5.22.